The molecule has 1 fully saturated rings. The van der Waals surface area contributed by atoms with Gasteiger partial charge in [0.1, 0.15) is 0 Å². The average Bonchev–Trinajstić information content (AvgIpc) is 2.72. The number of carbonyl (C=O) groups excluding carboxylic acids is 2. The molecule has 0 saturated carbocycles. The first-order chi connectivity index (χ1) is 13.4. The first-order valence-electron chi connectivity index (χ1n) is 9.84. The van der Waals surface area contributed by atoms with Gasteiger partial charge in [0.05, 0.1) is 18.1 Å². The predicted octanol–water partition coefficient (Wildman–Crippen LogP) is 1.27. The first-order valence-corrected chi connectivity index (χ1v) is 9.84. The molecule has 0 aromatic heterocycles. The van der Waals surface area contributed by atoms with E-state index in [9.17, 15) is 14.7 Å². The standard InChI is InChI=1S/C21H29N3O4/c1-13(2)15-4-3-5-16(10-15)14-6-8-24(9-7-14)21(27)19-18(20(26)23-28)11-17(25)12-22-19/h3-6,10,13,17-19,22,25,28H,7-9,11-12H2,1-2H3,(H,23,26)/t17-,18-,19-/m0/s1. The Morgan fingerprint density at radius 3 is 2.75 bits per heavy atom. The number of hydrogen-bond donors (Lipinski definition) is 4. The molecule has 1 saturated heterocycles. The number of β-amino-alcohol motifs (C(OH)–C–C–N with tert-alkyl or cyclic N) is 1. The Morgan fingerprint density at radius 2 is 2.11 bits per heavy atom. The number of aliphatic hydroxyl groups excluding tert-OH is 1. The zero-order chi connectivity index (χ0) is 20.3. The van der Waals surface area contributed by atoms with Crippen LogP contribution in [0.25, 0.3) is 5.57 Å². The van der Waals surface area contributed by atoms with Crippen molar-refractivity contribution in [2.75, 3.05) is 19.6 Å². The van der Waals surface area contributed by atoms with Crippen molar-refractivity contribution in [2.45, 2.75) is 44.8 Å². The summed E-state index contributed by atoms with van der Waals surface area (Å²) in [6, 6.07) is 7.76. The zero-order valence-electron chi connectivity index (χ0n) is 16.4. The van der Waals surface area contributed by atoms with Gasteiger partial charge in [-0.15, -0.1) is 0 Å². The molecule has 4 N–H and O–H groups in total. The van der Waals surface area contributed by atoms with Crippen molar-refractivity contribution in [2.24, 2.45) is 5.92 Å². The Labute approximate surface area is 165 Å². The third-order valence-electron chi connectivity index (χ3n) is 5.66. The summed E-state index contributed by atoms with van der Waals surface area (Å²) in [5.41, 5.74) is 5.32. The van der Waals surface area contributed by atoms with Crippen molar-refractivity contribution in [1.82, 2.24) is 15.7 Å². The normalized spacial score (nSPS) is 25.4. The van der Waals surface area contributed by atoms with E-state index >= 15 is 0 Å². The minimum Gasteiger partial charge on any atom is -0.392 e. The summed E-state index contributed by atoms with van der Waals surface area (Å²) >= 11 is 0. The topological polar surface area (TPSA) is 102 Å². The Balaban J connectivity index is 1.70. The van der Waals surface area contributed by atoms with Crippen LogP contribution in [-0.2, 0) is 9.59 Å². The third kappa shape index (κ3) is 4.43. The Kier molecular flexibility index (Phi) is 6.49. The molecule has 2 amide bonds. The monoisotopic (exact) mass is 387 g/mol. The molecule has 28 heavy (non-hydrogen) atoms. The maximum absolute atomic E-state index is 13.0. The fourth-order valence-corrected chi connectivity index (χ4v) is 3.94. The summed E-state index contributed by atoms with van der Waals surface area (Å²) in [6.45, 7) is 5.64. The second-order valence-corrected chi connectivity index (χ2v) is 7.90. The lowest BCUT2D eigenvalue weighted by molar-refractivity contribution is -0.145. The lowest BCUT2D eigenvalue weighted by Gasteiger charge is -2.37. The highest BCUT2D eigenvalue weighted by Crippen LogP contribution is 2.27. The molecule has 1 aromatic rings. The van der Waals surface area contributed by atoms with E-state index in [1.54, 1.807) is 10.4 Å². The van der Waals surface area contributed by atoms with Crippen LogP contribution in [-0.4, -0.2) is 58.8 Å². The van der Waals surface area contributed by atoms with Crippen LogP contribution in [0.5, 0.6) is 0 Å². The smallest absolute Gasteiger partial charge is 0.248 e. The van der Waals surface area contributed by atoms with Crippen LogP contribution in [0.2, 0.25) is 0 Å². The molecule has 3 atom stereocenters. The molecule has 152 valence electrons. The number of benzene rings is 1. The number of aliphatic hydroxyl groups is 1. The van der Waals surface area contributed by atoms with Crippen LogP contribution >= 0.6 is 0 Å². The first kappa shape index (κ1) is 20.5. The van der Waals surface area contributed by atoms with Gasteiger partial charge in [-0.2, -0.15) is 0 Å². The van der Waals surface area contributed by atoms with Gasteiger partial charge in [0.25, 0.3) is 0 Å². The van der Waals surface area contributed by atoms with Gasteiger partial charge in [-0.25, -0.2) is 5.48 Å². The molecule has 0 spiro atoms. The fraction of sp³-hybridized carbons (Fsp3) is 0.524. The van der Waals surface area contributed by atoms with Gasteiger partial charge in [-0.05, 0) is 35.5 Å². The van der Waals surface area contributed by atoms with Crippen LogP contribution in [0.1, 0.15) is 43.7 Å². The van der Waals surface area contributed by atoms with Gasteiger partial charge >= 0.3 is 0 Å². The summed E-state index contributed by atoms with van der Waals surface area (Å²) < 4.78 is 0. The number of hydroxylamine groups is 1. The highest BCUT2D eigenvalue weighted by molar-refractivity contribution is 5.90. The van der Waals surface area contributed by atoms with E-state index < -0.39 is 24.0 Å². The van der Waals surface area contributed by atoms with E-state index in [-0.39, 0.29) is 18.9 Å². The fourth-order valence-electron chi connectivity index (χ4n) is 3.94. The van der Waals surface area contributed by atoms with Crippen LogP contribution in [0.15, 0.2) is 30.3 Å². The van der Waals surface area contributed by atoms with Gasteiger partial charge in [0, 0.05) is 19.6 Å². The maximum Gasteiger partial charge on any atom is 0.248 e. The predicted molar refractivity (Wildman–Crippen MR) is 106 cm³/mol. The molecule has 7 nitrogen and oxygen atoms in total. The van der Waals surface area contributed by atoms with Crippen molar-refractivity contribution in [3.8, 4) is 0 Å². The van der Waals surface area contributed by atoms with Crippen molar-refractivity contribution >= 4 is 17.4 Å². The van der Waals surface area contributed by atoms with E-state index in [2.05, 4.69) is 49.5 Å². The number of piperidine rings is 1. The maximum atomic E-state index is 13.0. The molecule has 0 unspecified atom stereocenters. The van der Waals surface area contributed by atoms with E-state index in [1.165, 1.54) is 16.7 Å². The van der Waals surface area contributed by atoms with Crippen molar-refractivity contribution in [3.05, 3.63) is 41.5 Å². The number of rotatable bonds is 4. The Hall–Kier alpha value is -2.22. The molecule has 0 bridgehead atoms. The minimum atomic E-state index is -0.797. The van der Waals surface area contributed by atoms with E-state index in [0.29, 0.717) is 19.0 Å². The second-order valence-electron chi connectivity index (χ2n) is 7.90. The Morgan fingerprint density at radius 1 is 1.32 bits per heavy atom. The van der Waals surface area contributed by atoms with E-state index in [1.807, 2.05) is 0 Å². The van der Waals surface area contributed by atoms with Gasteiger partial charge < -0.3 is 15.3 Å². The van der Waals surface area contributed by atoms with E-state index in [0.717, 1.165) is 6.42 Å². The van der Waals surface area contributed by atoms with Gasteiger partial charge in [0.2, 0.25) is 11.8 Å². The van der Waals surface area contributed by atoms with Crippen molar-refractivity contribution in [1.29, 1.82) is 0 Å². The average molecular weight is 387 g/mol. The number of hydrogen-bond acceptors (Lipinski definition) is 5. The third-order valence-corrected chi connectivity index (χ3v) is 5.66. The Bertz CT molecular complexity index is 762. The van der Waals surface area contributed by atoms with Crippen molar-refractivity contribution in [3.63, 3.8) is 0 Å². The molecule has 7 heteroatoms. The lowest BCUT2D eigenvalue weighted by atomic mass is 9.87. The molecule has 3 rings (SSSR count). The molecule has 2 heterocycles. The van der Waals surface area contributed by atoms with Crippen molar-refractivity contribution < 1.29 is 19.9 Å². The van der Waals surface area contributed by atoms with Crippen LogP contribution in [0.4, 0.5) is 0 Å². The summed E-state index contributed by atoms with van der Waals surface area (Å²) in [4.78, 5) is 26.6. The van der Waals surface area contributed by atoms with E-state index in [4.69, 9.17) is 5.21 Å². The molecule has 0 aliphatic carbocycles. The molecule has 1 aromatic carbocycles. The summed E-state index contributed by atoms with van der Waals surface area (Å²) in [5, 5.41) is 21.7. The molecular formula is C21H29N3O4. The van der Waals surface area contributed by atoms with Gasteiger partial charge in [0.15, 0.2) is 0 Å². The zero-order valence-corrected chi connectivity index (χ0v) is 16.4. The summed E-state index contributed by atoms with van der Waals surface area (Å²) in [7, 11) is 0. The van der Waals surface area contributed by atoms with Crippen LogP contribution in [0, 0.1) is 5.92 Å². The summed E-state index contributed by atoms with van der Waals surface area (Å²) in [6.07, 6.45) is 2.25. The molecule has 0 radical (unpaired) electrons. The highest BCUT2D eigenvalue weighted by Gasteiger charge is 2.40. The van der Waals surface area contributed by atoms with Crippen LogP contribution < -0.4 is 10.8 Å². The number of amides is 2. The molecular weight excluding hydrogens is 358 g/mol. The number of nitrogens with one attached hydrogen (secondary N) is 2. The van der Waals surface area contributed by atoms with Crippen LogP contribution in [0.3, 0.4) is 0 Å². The SMILES string of the molecule is CC(C)c1cccc(C2=CCN(C(=O)[C@H]3NC[C@@H](O)C[C@@H]3C(=O)NO)CC2)c1. The summed E-state index contributed by atoms with van der Waals surface area (Å²) in [5.74, 6) is -1.16. The highest BCUT2D eigenvalue weighted by atomic mass is 16.5. The number of carbonyl (C=O) groups is 2. The number of nitrogens with zero attached hydrogens (tertiary/aromatic N) is 1. The minimum absolute atomic E-state index is 0.146. The lowest BCUT2D eigenvalue weighted by Crippen LogP contribution is -2.59. The van der Waals surface area contributed by atoms with Gasteiger partial charge in [-0.1, -0.05) is 44.2 Å². The second kappa shape index (κ2) is 8.86. The largest absolute Gasteiger partial charge is 0.392 e. The molecule has 2 aliphatic rings. The molecule has 2 aliphatic heterocycles. The van der Waals surface area contributed by atoms with Gasteiger partial charge in [-0.3, -0.25) is 14.8 Å². The quantitative estimate of drug-likeness (QED) is 0.460.